The van der Waals surface area contributed by atoms with Gasteiger partial charge in [-0.15, -0.1) is 11.3 Å². The van der Waals surface area contributed by atoms with Crippen LogP contribution in [0, 0.1) is 11.3 Å². The van der Waals surface area contributed by atoms with E-state index in [-0.39, 0.29) is 35.3 Å². The number of oxime groups is 1. The van der Waals surface area contributed by atoms with Gasteiger partial charge < -0.3 is 5.21 Å². The van der Waals surface area contributed by atoms with Gasteiger partial charge in [-0.25, -0.2) is 0 Å². The van der Waals surface area contributed by atoms with Crippen molar-refractivity contribution < 1.29 is 5.21 Å². The van der Waals surface area contributed by atoms with Gasteiger partial charge >= 0.3 is 29.6 Å². The van der Waals surface area contributed by atoms with E-state index in [1.807, 2.05) is 5.38 Å². The van der Waals surface area contributed by atoms with Crippen molar-refractivity contribution in [3.8, 4) is 6.07 Å². The zero-order chi connectivity index (χ0) is 7.40. The molecule has 0 aliphatic carbocycles. The molecule has 0 spiro atoms. The van der Waals surface area contributed by atoms with Crippen LogP contribution in [0.25, 0.3) is 0 Å². The minimum absolute atomic E-state index is 0. The summed E-state index contributed by atoms with van der Waals surface area (Å²) in [6, 6.07) is 5.28. The summed E-state index contributed by atoms with van der Waals surface area (Å²) < 4.78 is 0. The Morgan fingerprint density at radius 1 is 1.73 bits per heavy atom. The number of hydrogen-bond donors (Lipinski definition) is 1. The molecule has 1 aromatic rings. The molecule has 11 heavy (non-hydrogen) atoms. The Hall–Kier alpha value is -0.340. The van der Waals surface area contributed by atoms with E-state index in [0.717, 1.165) is 0 Å². The number of nitrogens with zero attached hydrogens (tertiary/aromatic N) is 2. The molecule has 5 heteroatoms. The molecule has 52 valence electrons. The van der Waals surface area contributed by atoms with Crippen LogP contribution in [0.2, 0.25) is 0 Å². The molecular formula is C6H5N2NaOS. The summed E-state index contributed by atoms with van der Waals surface area (Å²) in [6.07, 6.45) is 0. The molecule has 1 rings (SSSR count). The number of hydrogen-bond acceptors (Lipinski definition) is 4. The van der Waals surface area contributed by atoms with Crippen LogP contribution in [0.1, 0.15) is 4.88 Å². The number of nitriles is 1. The summed E-state index contributed by atoms with van der Waals surface area (Å²) in [4.78, 5) is 0.685. The molecule has 0 fully saturated rings. The van der Waals surface area contributed by atoms with Crippen molar-refractivity contribution in [2.45, 2.75) is 0 Å². The van der Waals surface area contributed by atoms with E-state index in [1.165, 1.54) is 11.3 Å². The van der Waals surface area contributed by atoms with Crippen molar-refractivity contribution in [3.63, 3.8) is 0 Å². The van der Waals surface area contributed by atoms with Gasteiger partial charge in [0.15, 0.2) is 5.71 Å². The Balaban J connectivity index is 0.000001000. The van der Waals surface area contributed by atoms with Crippen molar-refractivity contribution in [3.05, 3.63) is 22.4 Å². The van der Waals surface area contributed by atoms with Crippen LogP contribution in [0.15, 0.2) is 22.7 Å². The van der Waals surface area contributed by atoms with Gasteiger partial charge in [-0.3, -0.25) is 0 Å². The molecule has 1 N–H and O–H groups in total. The van der Waals surface area contributed by atoms with E-state index in [9.17, 15) is 0 Å². The second-order valence-electron chi connectivity index (χ2n) is 1.54. The van der Waals surface area contributed by atoms with Crippen molar-refractivity contribution in [2.75, 3.05) is 0 Å². The summed E-state index contributed by atoms with van der Waals surface area (Å²) in [6.45, 7) is 0. The van der Waals surface area contributed by atoms with Crippen LogP contribution in [0.4, 0.5) is 0 Å². The Morgan fingerprint density at radius 2 is 2.45 bits per heavy atom. The molecule has 0 atom stereocenters. The van der Waals surface area contributed by atoms with Gasteiger partial charge in [-0.1, -0.05) is 11.2 Å². The predicted octanol–water partition coefficient (Wildman–Crippen LogP) is 0.801. The molecule has 0 aliphatic heterocycles. The summed E-state index contributed by atoms with van der Waals surface area (Å²) in [7, 11) is 0. The molecular weight excluding hydrogens is 171 g/mol. The minimum atomic E-state index is 0. The molecule has 3 nitrogen and oxygen atoms in total. The molecule has 0 radical (unpaired) electrons. The summed E-state index contributed by atoms with van der Waals surface area (Å²) in [5.41, 5.74) is 0.0648. The average molecular weight is 176 g/mol. The van der Waals surface area contributed by atoms with E-state index < -0.39 is 0 Å². The topological polar surface area (TPSA) is 56.4 Å². The molecule has 0 aromatic carbocycles. The standard InChI is InChI=1S/C6H4N2OS.Na.H/c7-4-5(8-9)6-2-1-3-10-6;;/h1-3,9H;;. The summed E-state index contributed by atoms with van der Waals surface area (Å²) in [5, 5.41) is 21.3. The SMILES string of the molecule is N#CC(=NO)c1cccs1.[NaH]. The summed E-state index contributed by atoms with van der Waals surface area (Å²) >= 11 is 1.37. The van der Waals surface area contributed by atoms with Crippen LogP contribution in [-0.4, -0.2) is 40.5 Å². The first-order valence-corrected chi connectivity index (χ1v) is 3.42. The fourth-order valence-corrected chi connectivity index (χ4v) is 1.20. The molecule has 0 bridgehead atoms. The van der Waals surface area contributed by atoms with Crippen molar-refractivity contribution >= 4 is 46.6 Å². The fourth-order valence-electron chi connectivity index (χ4n) is 0.540. The fraction of sp³-hybridized carbons (Fsp3) is 0. The third kappa shape index (κ3) is 2.64. The monoisotopic (exact) mass is 176 g/mol. The van der Waals surface area contributed by atoms with Crippen molar-refractivity contribution in [1.29, 1.82) is 5.26 Å². The van der Waals surface area contributed by atoms with E-state index in [0.29, 0.717) is 4.88 Å². The zero-order valence-corrected chi connectivity index (χ0v) is 5.80. The van der Waals surface area contributed by atoms with Crippen LogP contribution in [0.5, 0.6) is 0 Å². The molecule has 1 heterocycles. The van der Waals surface area contributed by atoms with Gasteiger partial charge in [-0.05, 0) is 11.4 Å². The number of thiophene rings is 1. The van der Waals surface area contributed by atoms with Gasteiger partial charge in [0.05, 0.1) is 4.88 Å². The molecule has 0 saturated heterocycles. The normalized spacial score (nSPS) is 9.91. The molecule has 0 saturated carbocycles. The van der Waals surface area contributed by atoms with E-state index in [1.54, 1.807) is 18.2 Å². The van der Waals surface area contributed by atoms with Gasteiger partial charge in [0.1, 0.15) is 6.07 Å². The maximum atomic E-state index is 8.36. The third-order valence-electron chi connectivity index (χ3n) is 0.960. The average Bonchev–Trinajstić information content (AvgIpc) is 2.43. The predicted molar refractivity (Wildman–Crippen MR) is 45.4 cm³/mol. The van der Waals surface area contributed by atoms with E-state index in [2.05, 4.69) is 5.16 Å². The Bertz CT molecular complexity index is 275. The molecule has 1 aromatic heterocycles. The first kappa shape index (κ1) is 10.7. The van der Waals surface area contributed by atoms with E-state index in [4.69, 9.17) is 10.5 Å². The second-order valence-corrected chi connectivity index (χ2v) is 2.49. The first-order valence-electron chi connectivity index (χ1n) is 2.54. The summed E-state index contributed by atoms with van der Waals surface area (Å²) in [5.74, 6) is 0. The van der Waals surface area contributed by atoms with Crippen molar-refractivity contribution in [1.82, 2.24) is 0 Å². The molecule has 0 amide bonds. The van der Waals surface area contributed by atoms with Crippen LogP contribution >= 0.6 is 11.3 Å². The van der Waals surface area contributed by atoms with Gasteiger partial charge in [0.25, 0.3) is 0 Å². The Labute approximate surface area is 90.3 Å². The first-order chi connectivity index (χ1) is 4.88. The Kier molecular flexibility index (Phi) is 5.16. The second kappa shape index (κ2) is 5.33. The Morgan fingerprint density at radius 3 is 2.82 bits per heavy atom. The number of rotatable bonds is 1. The zero-order valence-electron chi connectivity index (χ0n) is 4.98. The third-order valence-corrected chi connectivity index (χ3v) is 1.84. The quantitative estimate of drug-likeness (QED) is 0.298. The van der Waals surface area contributed by atoms with Crippen LogP contribution in [0.3, 0.4) is 0 Å². The van der Waals surface area contributed by atoms with Gasteiger partial charge in [0.2, 0.25) is 0 Å². The van der Waals surface area contributed by atoms with Gasteiger partial charge in [-0.2, -0.15) is 5.26 Å². The molecule has 0 unspecified atom stereocenters. The van der Waals surface area contributed by atoms with Crippen molar-refractivity contribution in [2.24, 2.45) is 5.16 Å². The molecule has 0 aliphatic rings. The maximum absolute atomic E-state index is 8.36. The van der Waals surface area contributed by atoms with E-state index >= 15 is 0 Å². The van der Waals surface area contributed by atoms with Crippen LogP contribution in [-0.2, 0) is 0 Å². The van der Waals surface area contributed by atoms with Gasteiger partial charge in [0, 0.05) is 0 Å². The van der Waals surface area contributed by atoms with Crippen LogP contribution < -0.4 is 0 Å².